The second-order valence-corrected chi connectivity index (χ2v) is 4.62. The van der Waals surface area contributed by atoms with Gasteiger partial charge < -0.3 is 25.2 Å². The highest BCUT2D eigenvalue weighted by Gasteiger charge is 2.29. The average Bonchev–Trinajstić information content (AvgIpc) is 2.86. The monoisotopic (exact) mass is 292 g/mol. The highest BCUT2D eigenvalue weighted by molar-refractivity contribution is 5.91. The number of hydrogen-bond acceptors (Lipinski definition) is 6. The van der Waals surface area contributed by atoms with Crippen molar-refractivity contribution in [1.82, 2.24) is 5.32 Å². The third-order valence-electron chi connectivity index (χ3n) is 3.36. The number of nitrogens with one attached hydrogen (secondary N) is 1. The van der Waals surface area contributed by atoms with E-state index in [2.05, 4.69) is 5.32 Å². The van der Waals surface area contributed by atoms with Crippen LogP contribution in [0.1, 0.15) is 10.4 Å². The minimum atomic E-state index is -1.08. The van der Waals surface area contributed by atoms with E-state index in [0.717, 1.165) is 0 Å². The fourth-order valence-corrected chi connectivity index (χ4v) is 2.22. The predicted octanol–water partition coefficient (Wildman–Crippen LogP) is 0.203. The molecule has 0 saturated heterocycles. The van der Waals surface area contributed by atoms with E-state index in [4.69, 9.17) is 9.84 Å². The van der Waals surface area contributed by atoms with Gasteiger partial charge in [0, 0.05) is 18.8 Å². The first kappa shape index (κ1) is 14.9. The molecule has 2 rings (SSSR count). The molecule has 1 unspecified atom stereocenters. The van der Waals surface area contributed by atoms with Gasteiger partial charge in [0.25, 0.3) is 0 Å². The predicted molar refractivity (Wildman–Crippen MR) is 75.4 cm³/mol. The zero-order valence-corrected chi connectivity index (χ0v) is 11.6. The molecule has 3 N–H and O–H groups in total. The molecule has 7 nitrogen and oxygen atoms in total. The Morgan fingerprint density at radius 2 is 2.19 bits per heavy atom. The number of aliphatic hydroxyl groups is 1. The summed E-state index contributed by atoms with van der Waals surface area (Å²) in [7, 11) is 3.11. The Hall–Kier alpha value is -2.54. The van der Waals surface area contributed by atoms with E-state index < -0.39 is 18.2 Å². The molecule has 1 aliphatic heterocycles. The average molecular weight is 292 g/mol. The number of nitrogens with zero attached hydrogens (tertiary/aromatic N) is 1. The standard InChI is InChI=1S/C14H16N2O5/c1-16(13-11(18)5-8(7-17)15-13)9-3-4-10(14(19)20)12(6-9)21-2/h3-7,11,13,15,18H,1-2H3,(H,19,20)/t11-,13?/m0/s1. The van der Waals surface area contributed by atoms with Crippen LogP contribution in [-0.2, 0) is 4.79 Å². The van der Waals surface area contributed by atoms with Crippen molar-refractivity contribution in [3.8, 4) is 5.75 Å². The van der Waals surface area contributed by atoms with Gasteiger partial charge in [-0.15, -0.1) is 0 Å². The van der Waals surface area contributed by atoms with Crippen molar-refractivity contribution in [3.63, 3.8) is 0 Å². The highest BCUT2D eigenvalue weighted by Crippen LogP contribution is 2.27. The molecule has 1 aromatic carbocycles. The van der Waals surface area contributed by atoms with E-state index in [1.54, 1.807) is 24.1 Å². The Labute approximate surface area is 121 Å². The maximum atomic E-state index is 11.1. The molecule has 0 bridgehead atoms. The van der Waals surface area contributed by atoms with Crippen LogP contribution in [0.3, 0.4) is 0 Å². The van der Waals surface area contributed by atoms with Crippen LogP contribution in [0.5, 0.6) is 5.75 Å². The van der Waals surface area contributed by atoms with Gasteiger partial charge in [-0.05, 0) is 18.2 Å². The minimum absolute atomic E-state index is 0.0567. The lowest BCUT2D eigenvalue weighted by Gasteiger charge is -2.30. The molecule has 0 aliphatic carbocycles. The number of carboxylic acids is 1. The van der Waals surface area contributed by atoms with Crippen molar-refractivity contribution in [3.05, 3.63) is 35.5 Å². The number of carbonyl (C=O) groups is 2. The van der Waals surface area contributed by atoms with Gasteiger partial charge in [0.05, 0.1) is 12.8 Å². The van der Waals surface area contributed by atoms with Crippen LogP contribution in [0.25, 0.3) is 0 Å². The smallest absolute Gasteiger partial charge is 0.339 e. The van der Waals surface area contributed by atoms with E-state index in [-0.39, 0.29) is 11.3 Å². The Bertz CT molecular complexity index is 599. The van der Waals surface area contributed by atoms with E-state index in [1.807, 2.05) is 0 Å². The van der Waals surface area contributed by atoms with Gasteiger partial charge in [0.1, 0.15) is 23.6 Å². The normalized spacial score (nSPS) is 20.4. The van der Waals surface area contributed by atoms with Crippen molar-refractivity contribution in [1.29, 1.82) is 0 Å². The summed E-state index contributed by atoms with van der Waals surface area (Å²) in [6, 6.07) is 4.61. The summed E-state index contributed by atoms with van der Waals surface area (Å²) in [6.07, 6.45) is 0.702. The third-order valence-corrected chi connectivity index (χ3v) is 3.36. The lowest BCUT2D eigenvalue weighted by atomic mass is 10.1. The summed E-state index contributed by atoms with van der Waals surface area (Å²) < 4.78 is 5.07. The SMILES string of the molecule is COc1cc(N(C)C2NC(C=O)=C[C@@H]2O)ccc1C(=O)O. The summed E-state index contributed by atoms with van der Waals surface area (Å²) in [5.74, 6) is -0.854. The number of rotatable bonds is 5. The first-order valence-corrected chi connectivity index (χ1v) is 6.23. The van der Waals surface area contributed by atoms with E-state index >= 15 is 0 Å². The Balaban J connectivity index is 2.26. The molecular weight excluding hydrogens is 276 g/mol. The molecule has 0 amide bonds. The Morgan fingerprint density at radius 3 is 2.71 bits per heavy atom. The van der Waals surface area contributed by atoms with Crippen LogP contribution in [-0.4, -0.2) is 48.9 Å². The zero-order valence-electron chi connectivity index (χ0n) is 11.6. The molecule has 0 aromatic heterocycles. The number of likely N-dealkylation sites (N-methyl/N-ethyl adjacent to an activating group) is 1. The molecule has 21 heavy (non-hydrogen) atoms. The van der Waals surface area contributed by atoms with E-state index in [1.165, 1.54) is 19.3 Å². The third kappa shape index (κ3) is 2.82. The van der Waals surface area contributed by atoms with Gasteiger partial charge in [-0.3, -0.25) is 4.79 Å². The van der Waals surface area contributed by atoms with Crippen molar-refractivity contribution in [2.75, 3.05) is 19.1 Å². The number of aliphatic hydroxyl groups excluding tert-OH is 1. The van der Waals surface area contributed by atoms with E-state index in [9.17, 15) is 14.7 Å². The van der Waals surface area contributed by atoms with Crippen molar-refractivity contribution in [2.24, 2.45) is 0 Å². The van der Waals surface area contributed by atoms with Crippen molar-refractivity contribution < 1.29 is 24.5 Å². The number of methoxy groups -OCH3 is 1. The molecular formula is C14H16N2O5. The molecule has 1 aliphatic rings. The number of benzene rings is 1. The molecule has 0 saturated carbocycles. The fourth-order valence-electron chi connectivity index (χ4n) is 2.22. The summed E-state index contributed by atoms with van der Waals surface area (Å²) in [5.41, 5.74) is 1.02. The van der Waals surface area contributed by atoms with Crippen LogP contribution in [0.2, 0.25) is 0 Å². The number of ether oxygens (including phenoxy) is 1. The van der Waals surface area contributed by atoms with Crippen molar-refractivity contribution in [2.45, 2.75) is 12.3 Å². The number of aromatic carboxylic acids is 1. The number of carbonyl (C=O) groups excluding carboxylic acids is 1. The maximum absolute atomic E-state index is 11.1. The van der Waals surface area contributed by atoms with E-state index in [0.29, 0.717) is 17.7 Å². The first-order chi connectivity index (χ1) is 9.97. The second kappa shape index (κ2) is 5.84. The van der Waals surface area contributed by atoms with Crippen molar-refractivity contribution >= 4 is 17.9 Å². The highest BCUT2D eigenvalue weighted by atomic mass is 16.5. The van der Waals surface area contributed by atoms with Gasteiger partial charge in [-0.1, -0.05) is 0 Å². The lowest BCUT2D eigenvalue weighted by molar-refractivity contribution is -0.105. The van der Waals surface area contributed by atoms with Gasteiger partial charge in [0.2, 0.25) is 0 Å². The first-order valence-electron chi connectivity index (χ1n) is 6.23. The summed E-state index contributed by atoms with van der Waals surface area (Å²) >= 11 is 0. The van der Waals surface area contributed by atoms with Gasteiger partial charge >= 0.3 is 5.97 Å². The Kier molecular flexibility index (Phi) is 4.13. The minimum Gasteiger partial charge on any atom is -0.496 e. The molecule has 1 aromatic rings. The summed E-state index contributed by atoms with van der Waals surface area (Å²) in [5, 5.41) is 21.9. The fraction of sp³-hybridized carbons (Fsp3) is 0.286. The number of aldehydes is 1. The quantitative estimate of drug-likeness (QED) is 0.667. The Morgan fingerprint density at radius 1 is 1.48 bits per heavy atom. The number of allylic oxidation sites excluding steroid dienone is 1. The number of carboxylic acid groups (broad SMARTS) is 1. The molecule has 112 valence electrons. The topological polar surface area (TPSA) is 99.1 Å². The molecule has 1 heterocycles. The molecule has 0 fully saturated rings. The maximum Gasteiger partial charge on any atom is 0.339 e. The summed E-state index contributed by atoms with van der Waals surface area (Å²) in [6.45, 7) is 0. The van der Waals surface area contributed by atoms with Gasteiger partial charge in [0.15, 0.2) is 6.29 Å². The van der Waals surface area contributed by atoms with Crippen LogP contribution < -0.4 is 15.0 Å². The number of anilines is 1. The van der Waals surface area contributed by atoms with Gasteiger partial charge in [-0.25, -0.2) is 4.79 Å². The molecule has 0 radical (unpaired) electrons. The second-order valence-electron chi connectivity index (χ2n) is 4.62. The van der Waals surface area contributed by atoms with Crippen LogP contribution in [0.4, 0.5) is 5.69 Å². The molecule has 0 spiro atoms. The molecule has 2 atom stereocenters. The largest absolute Gasteiger partial charge is 0.496 e. The van der Waals surface area contributed by atoms with Crippen LogP contribution in [0, 0.1) is 0 Å². The number of hydrogen-bond donors (Lipinski definition) is 3. The lowest BCUT2D eigenvalue weighted by Crippen LogP contribution is -2.46. The zero-order chi connectivity index (χ0) is 15.6. The van der Waals surface area contributed by atoms with Gasteiger partial charge in [-0.2, -0.15) is 0 Å². The molecule has 7 heteroatoms. The van der Waals surface area contributed by atoms with Crippen LogP contribution >= 0.6 is 0 Å². The summed E-state index contributed by atoms with van der Waals surface area (Å²) in [4.78, 5) is 23.5. The van der Waals surface area contributed by atoms with Crippen LogP contribution in [0.15, 0.2) is 30.0 Å².